The maximum absolute atomic E-state index is 5.52. The highest BCUT2D eigenvalue weighted by Gasteiger charge is 1.98. The average molecular weight is 222 g/mol. The van der Waals surface area contributed by atoms with Gasteiger partial charge >= 0.3 is 0 Å². The van der Waals surface area contributed by atoms with Gasteiger partial charge in [0.05, 0.1) is 0 Å². The molecule has 80 valence electrons. The average Bonchev–Trinajstić information content (AvgIpc) is 2.26. The van der Waals surface area contributed by atoms with E-state index >= 15 is 0 Å². The molecule has 0 unspecified atom stereocenters. The molecule has 0 fully saturated rings. The van der Waals surface area contributed by atoms with Crippen LogP contribution in [0.3, 0.4) is 0 Å². The van der Waals surface area contributed by atoms with Crippen molar-refractivity contribution in [2.45, 2.75) is 12.8 Å². The second-order valence-electron chi connectivity index (χ2n) is 3.53. The van der Waals surface area contributed by atoms with Gasteiger partial charge in [0.25, 0.3) is 0 Å². The lowest BCUT2D eigenvalue weighted by molar-refractivity contribution is 0.837. The number of aryl methyl sites for hydroxylation is 1. The van der Waals surface area contributed by atoms with E-state index in [1.165, 1.54) is 16.3 Å². The predicted molar refractivity (Wildman–Crippen MR) is 68.6 cm³/mol. The molecule has 0 heterocycles. The monoisotopic (exact) mass is 221 g/mol. The quantitative estimate of drug-likeness (QED) is 0.847. The third-order valence-electron chi connectivity index (χ3n) is 2.53. The Hall–Kier alpha value is -1.05. The zero-order valence-electron chi connectivity index (χ0n) is 8.65. The molecular weight excluding hydrogens is 206 g/mol. The summed E-state index contributed by atoms with van der Waals surface area (Å²) in [6.07, 6.45) is 2.14. The number of hydrogen-bond acceptors (Lipinski definition) is 1. The van der Waals surface area contributed by atoms with E-state index in [4.69, 9.17) is 5.73 Å². The summed E-state index contributed by atoms with van der Waals surface area (Å²) < 4.78 is 0. The summed E-state index contributed by atoms with van der Waals surface area (Å²) in [6, 6.07) is 15.0. The van der Waals surface area contributed by atoms with Gasteiger partial charge in [0.1, 0.15) is 0 Å². The van der Waals surface area contributed by atoms with Crippen LogP contribution in [0, 0.1) is 0 Å². The van der Waals surface area contributed by atoms with Crippen molar-refractivity contribution in [3.05, 3.63) is 48.0 Å². The minimum Gasteiger partial charge on any atom is -0.330 e. The summed E-state index contributed by atoms with van der Waals surface area (Å²) in [5.74, 6) is 0. The fraction of sp³-hybridized carbons (Fsp3) is 0.231. The smallest absolute Gasteiger partial charge is 0.00741 e. The first-order valence-electron chi connectivity index (χ1n) is 5.08. The Morgan fingerprint density at radius 3 is 2.47 bits per heavy atom. The van der Waals surface area contributed by atoms with Gasteiger partial charge in [0.15, 0.2) is 0 Å². The SMILES string of the molecule is Cl.NCCCc1cccc2ccccc12. The highest BCUT2D eigenvalue weighted by atomic mass is 35.5. The van der Waals surface area contributed by atoms with Gasteiger partial charge in [-0.15, -0.1) is 12.4 Å². The van der Waals surface area contributed by atoms with E-state index in [0.29, 0.717) is 0 Å². The Labute approximate surface area is 96.7 Å². The summed E-state index contributed by atoms with van der Waals surface area (Å²) in [4.78, 5) is 0. The first kappa shape index (κ1) is 12.0. The van der Waals surface area contributed by atoms with Crippen LogP contribution in [0.5, 0.6) is 0 Å². The van der Waals surface area contributed by atoms with E-state index in [0.717, 1.165) is 19.4 Å². The molecule has 2 rings (SSSR count). The van der Waals surface area contributed by atoms with Gasteiger partial charge in [-0.05, 0) is 35.7 Å². The molecule has 0 amide bonds. The largest absolute Gasteiger partial charge is 0.330 e. The highest BCUT2D eigenvalue weighted by Crippen LogP contribution is 2.19. The molecule has 0 spiro atoms. The molecule has 0 saturated carbocycles. The molecule has 0 aromatic heterocycles. The molecule has 0 atom stereocenters. The van der Waals surface area contributed by atoms with E-state index in [1.54, 1.807) is 0 Å². The van der Waals surface area contributed by atoms with Crippen molar-refractivity contribution in [1.29, 1.82) is 0 Å². The number of halogens is 1. The number of hydrogen-bond donors (Lipinski definition) is 1. The molecule has 0 aliphatic rings. The predicted octanol–water partition coefficient (Wildman–Crippen LogP) is 3.15. The number of rotatable bonds is 3. The minimum absolute atomic E-state index is 0. The van der Waals surface area contributed by atoms with E-state index in [-0.39, 0.29) is 12.4 Å². The highest BCUT2D eigenvalue weighted by molar-refractivity contribution is 5.85. The summed E-state index contributed by atoms with van der Waals surface area (Å²) >= 11 is 0. The van der Waals surface area contributed by atoms with E-state index in [9.17, 15) is 0 Å². The van der Waals surface area contributed by atoms with Crippen molar-refractivity contribution >= 4 is 23.2 Å². The summed E-state index contributed by atoms with van der Waals surface area (Å²) in [5, 5.41) is 2.69. The lowest BCUT2D eigenvalue weighted by Gasteiger charge is -2.04. The zero-order valence-corrected chi connectivity index (χ0v) is 9.46. The van der Waals surface area contributed by atoms with Gasteiger partial charge in [0, 0.05) is 0 Å². The van der Waals surface area contributed by atoms with Gasteiger partial charge in [-0.2, -0.15) is 0 Å². The lowest BCUT2D eigenvalue weighted by atomic mass is 10.0. The van der Waals surface area contributed by atoms with Gasteiger partial charge in [-0.25, -0.2) is 0 Å². The van der Waals surface area contributed by atoms with Crippen molar-refractivity contribution < 1.29 is 0 Å². The first-order valence-corrected chi connectivity index (χ1v) is 5.08. The number of nitrogens with two attached hydrogens (primary N) is 1. The fourth-order valence-corrected chi connectivity index (χ4v) is 1.80. The van der Waals surface area contributed by atoms with Crippen LogP contribution in [0.15, 0.2) is 42.5 Å². The molecule has 15 heavy (non-hydrogen) atoms. The fourth-order valence-electron chi connectivity index (χ4n) is 1.80. The number of benzene rings is 2. The van der Waals surface area contributed by atoms with Gasteiger partial charge < -0.3 is 5.73 Å². The molecule has 0 aliphatic carbocycles. The number of fused-ring (bicyclic) bond motifs is 1. The summed E-state index contributed by atoms with van der Waals surface area (Å²) in [7, 11) is 0. The van der Waals surface area contributed by atoms with Gasteiger partial charge in [-0.3, -0.25) is 0 Å². The maximum atomic E-state index is 5.52. The molecule has 0 bridgehead atoms. The molecule has 1 nitrogen and oxygen atoms in total. The lowest BCUT2D eigenvalue weighted by Crippen LogP contribution is -2.00. The van der Waals surface area contributed by atoms with Crippen molar-refractivity contribution in [3.63, 3.8) is 0 Å². The van der Waals surface area contributed by atoms with Crippen molar-refractivity contribution in [2.24, 2.45) is 5.73 Å². The molecule has 0 saturated heterocycles. The molecule has 2 aromatic rings. The van der Waals surface area contributed by atoms with Crippen molar-refractivity contribution in [3.8, 4) is 0 Å². The zero-order chi connectivity index (χ0) is 9.80. The van der Waals surface area contributed by atoms with Crippen LogP contribution in [0.4, 0.5) is 0 Å². The first-order chi connectivity index (χ1) is 6.92. The van der Waals surface area contributed by atoms with Gasteiger partial charge in [0.2, 0.25) is 0 Å². The van der Waals surface area contributed by atoms with Crippen LogP contribution in [0.1, 0.15) is 12.0 Å². The summed E-state index contributed by atoms with van der Waals surface area (Å²) in [6.45, 7) is 0.767. The maximum Gasteiger partial charge on any atom is -0.00741 e. The summed E-state index contributed by atoms with van der Waals surface area (Å²) in [5.41, 5.74) is 6.93. The van der Waals surface area contributed by atoms with Crippen LogP contribution >= 0.6 is 12.4 Å². The van der Waals surface area contributed by atoms with Crippen LogP contribution in [-0.4, -0.2) is 6.54 Å². The minimum atomic E-state index is 0. The van der Waals surface area contributed by atoms with E-state index in [1.807, 2.05) is 0 Å². The molecule has 2 N–H and O–H groups in total. The van der Waals surface area contributed by atoms with Gasteiger partial charge in [-0.1, -0.05) is 42.5 Å². The van der Waals surface area contributed by atoms with E-state index < -0.39 is 0 Å². The Bertz CT molecular complexity index is 420. The van der Waals surface area contributed by atoms with Crippen LogP contribution in [-0.2, 0) is 6.42 Å². The van der Waals surface area contributed by atoms with E-state index in [2.05, 4.69) is 42.5 Å². The Balaban J connectivity index is 0.00000112. The molecule has 2 heteroatoms. The topological polar surface area (TPSA) is 26.0 Å². The molecule has 0 radical (unpaired) electrons. The van der Waals surface area contributed by atoms with Crippen molar-refractivity contribution in [2.75, 3.05) is 6.54 Å². The molecule has 2 aromatic carbocycles. The Morgan fingerprint density at radius 2 is 1.67 bits per heavy atom. The molecule has 0 aliphatic heterocycles. The Morgan fingerprint density at radius 1 is 0.933 bits per heavy atom. The third-order valence-corrected chi connectivity index (χ3v) is 2.53. The van der Waals surface area contributed by atoms with Crippen LogP contribution in [0.2, 0.25) is 0 Å². The normalized spacial score (nSPS) is 9.93. The van der Waals surface area contributed by atoms with Crippen LogP contribution < -0.4 is 5.73 Å². The third kappa shape index (κ3) is 2.71. The van der Waals surface area contributed by atoms with Crippen molar-refractivity contribution in [1.82, 2.24) is 0 Å². The standard InChI is InChI=1S/C13H15N.ClH/c14-10-4-8-12-7-3-6-11-5-1-2-9-13(11)12;/h1-3,5-7,9H,4,8,10,14H2;1H. The van der Waals surface area contributed by atoms with Crippen LogP contribution in [0.25, 0.3) is 10.8 Å². The second kappa shape index (κ2) is 5.74. The Kier molecular flexibility index (Phi) is 4.60. The second-order valence-corrected chi connectivity index (χ2v) is 3.53. The molecular formula is C13H16ClN.